The van der Waals surface area contributed by atoms with Gasteiger partial charge in [0.1, 0.15) is 0 Å². The highest BCUT2D eigenvalue weighted by Gasteiger charge is 2.29. The van der Waals surface area contributed by atoms with Crippen LogP contribution in [0.15, 0.2) is 48.9 Å². The first kappa shape index (κ1) is 15.5. The molecular weight excluding hydrogens is 338 g/mol. The molecule has 0 spiro atoms. The second-order valence-corrected chi connectivity index (χ2v) is 6.79. The van der Waals surface area contributed by atoms with Crippen LogP contribution in [-0.4, -0.2) is 26.6 Å². The minimum atomic E-state index is -0.252. The van der Waals surface area contributed by atoms with Crippen molar-refractivity contribution in [3.8, 4) is 5.82 Å². The summed E-state index contributed by atoms with van der Waals surface area (Å²) >= 11 is 1.25. The summed E-state index contributed by atoms with van der Waals surface area (Å²) in [5.41, 5.74) is 0.563. The molecule has 3 aromatic rings. The number of hydrogen-bond acceptors (Lipinski definition) is 5. The number of carbonyl (C=O) groups is 2. The average Bonchev–Trinajstić information content (AvgIpc) is 3.13. The van der Waals surface area contributed by atoms with E-state index >= 15 is 0 Å². The Bertz CT molecular complexity index is 915. The molecule has 0 radical (unpaired) electrons. The molecule has 0 atom stereocenters. The molecule has 4 rings (SSSR count). The van der Waals surface area contributed by atoms with Crippen molar-refractivity contribution in [2.24, 2.45) is 5.92 Å². The molecule has 25 heavy (non-hydrogen) atoms. The standard InChI is InChI=1S/C17H15N5O2S/c23-16(11-4-5-11)21-14-7-6-13(25-14)17(24)20-12-3-1-8-18-15(12)22-10-2-9-19-22/h1-3,6-11H,4-5H2,(H,20,24)(H,21,23). The Morgan fingerprint density at radius 2 is 2.00 bits per heavy atom. The quantitative estimate of drug-likeness (QED) is 0.738. The topological polar surface area (TPSA) is 88.9 Å². The molecule has 2 amide bonds. The maximum atomic E-state index is 12.5. The zero-order chi connectivity index (χ0) is 17.2. The van der Waals surface area contributed by atoms with Crippen molar-refractivity contribution in [3.05, 3.63) is 53.8 Å². The van der Waals surface area contributed by atoms with Gasteiger partial charge < -0.3 is 10.6 Å². The van der Waals surface area contributed by atoms with Crippen molar-refractivity contribution < 1.29 is 9.59 Å². The largest absolute Gasteiger partial charge is 0.318 e. The predicted octanol–water partition coefficient (Wildman–Crippen LogP) is 2.93. The van der Waals surface area contributed by atoms with Gasteiger partial charge in [0.15, 0.2) is 5.82 Å². The fourth-order valence-corrected chi connectivity index (χ4v) is 3.16. The number of thiophene rings is 1. The first-order valence-electron chi connectivity index (χ1n) is 7.88. The van der Waals surface area contributed by atoms with E-state index in [0.29, 0.717) is 21.4 Å². The number of anilines is 2. The first-order valence-corrected chi connectivity index (χ1v) is 8.69. The van der Waals surface area contributed by atoms with E-state index in [4.69, 9.17) is 0 Å². The summed E-state index contributed by atoms with van der Waals surface area (Å²) in [7, 11) is 0. The van der Waals surface area contributed by atoms with E-state index in [1.165, 1.54) is 11.3 Å². The lowest BCUT2D eigenvalue weighted by Crippen LogP contribution is -2.13. The number of nitrogens with one attached hydrogen (secondary N) is 2. The molecular formula is C17H15N5O2S. The minimum Gasteiger partial charge on any atom is -0.318 e. The second-order valence-electron chi connectivity index (χ2n) is 5.71. The number of hydrogen-bond donors (Lipinski definition) is 2. The van der Waals surface area contributed by atoms with Crippen LogP contribution >= 0.6 is 11.3 Å². The fraction of sp³-hybridized carbons (Fsp3) is 0.176. The first-order chi connectivity index (χ1) is 12.2. The zero-order valence-corrected chi connectivity index (χ0v) is 14.0. The molecule has 0 aliphatic heterocycles. The van der Waals surface area contributed by atoms with Crippen LogP contribution < -0.4 is 10.6 Å². The molecule has 7 nitrogen and oxygen atoms in total. The number of aromatic nitrogens is 3. The van der Waals surface area contributed by atoms with Gasteiger partial charge in [0.05, 0.1) is 15.6 Å². The van der Waals surface area contributed by atoms with Gasteiger partial charge in [0, 0.05) is 24.5 Å². The van der Waals surface area contributed by atoms with Crippen LogP contribution in [-0.2, 0) is 4.79 Å². The molecule has 1 saturated carbocycles. The SMILES string of the molecule is O=C(Nc1cccnc1-n1cccn1)c1ccc(NC(=O)C2CC2)s1. The second kappa shape index (κ2) is 6.48. The van der Waals surface area contributed by atoms with Gasteiger partial charge in [-0.05, 0) is 43.2 Å². The molecule has 0 aromatic carbocycles. The molecule has 3 aromatic heterocycles. The summed E-state index contributed by atoms with van der Waals surface area (Å²) in [6.07, 6.45) is 6.94. The van der Waals surface area contributed by atoms with E-state index in [1.807, 2.05) is 0 Å². The lowest BCUT2D eigenvalue weighted by molar-refractivity contribution is -0.117. The Morgan fingerprint density at radius 1 is 1.12 bits per heavy atom. The number of nitrogens with zero attached hydrogens (tertiary/aromatic N) is 3. The van der Waals surface area contributed by atoms with Crippen molar-refractivity contribution in [3.63, 3.8) is 0 Å². The third-order valence-corrected chi connectivity index (χ3v) is 4.78. The lowest BCUT2D eigenvalue weighted by atomic mass is 10.3. The van der Waals surface area contributed by atoms with Crippen LogP contribution in [0.5, 0.6) is 0 Å². The maximum Gasteiger partial charge on any atom is 0.265 e. The van der Waals surface area contributed by atoms with E-state index in [-0.39, 0.29) is 17.7 Å². The molecule has 1 aliphatic carbocycles. The van der Waals surface area contributed by atoms with Crippen LogP contribution in [0.1, 0.15) is 22.5 Å². The van der Waals surface area contributed by atoms with E-state index in [2.05, 4.69) is 20.7 Å². The highest BCUT2D eigenvalue weighted by molar-refractivity contribution is 7.18. The van der Waals surface area contributed by atoms with Crippen molar-refractivity contribution in [2.45, 2.75) is 12.8 Å². The Kier molecular flexibility index (Phi) is 4.02. The monoisotopic (exact) mass is 353 g/mol. The molecule has 126 valence electrons. The molecule has 2 N–H and O–H groups in total. The van der Waals surface area contributed by atoms with Gasteiger partial charge in [0.2, 0.25) is 5.91 Å². The summed E-state index contributed by atoms with van der Waals surface area (Å²) in [5, 5.41) is 10.5. The normalized spacial score (nSPS) is 13.4. The van der Waals surface area contributed by atoms with E-state index < -0.39 is 0 Å². The Hall–Kier alpha value is -3.00. The predicted molar refractivity (Wildman–Crippen MR) is 95.0 cm³/mol. The Balaban J connectivity index is 1.49. The van der Waals surface area contributed by atoms with Crippen LogP contribution in [0.2, 0.25) is 0 Å². The number of carbonyl (C=O) groups excluding carboxylic acids is 2. The van der Waals surface area contributed by atoms with Gasteiger partial charge in [-0.3, -0.25) is 9.59 Å². The zero-order valence-electron chi connectivity index (χ0n) is 13.2. The van der Waals surface area contributed by atoms with Crippen LogP contribution in [0, 0.1) is 5.92 Å². The summed E-state index contributed by atoms with van der Waals surface area (Å²) in [5.74, 6) is 0.450. The molecule has 0 bridgehead atoms. The lowest BCUT2D eigenvalue weighted by Gasteiger charge is -2.09. The average molecular weight is 353 g/mol. The smallest absolute Gasteiger partial charge is 0.265 e. The van der Waals surface area contributed by atoms with Crippen LogP contribution in [0.3, 0.4) is 0 Å². The summed E-state index contributed by atoms with van der Waals surface area (Å²) < 4.78 is 1.59. The summed E-state index contributed by atoms with van der Waals surface area (Å²) in [6, 6.07) is 8.75. The van der Waals surface area contributed by atoms with Gasteiger partial charge >= 0.3 is 0 Å². The van der Waals surface area contributed by atoms with E-state index in [0.717, 1.165) is 12.8 Å². The Labute approximate surface area is 147 Å². The molecule has 3 heterocycles. The molecule has 8 heteroatoms. The van der Waals surface area contributed by atoms with Gasteiger partial charge in [-0.1, -0.05) is 0 Å². The molecule has 1 aliphatic rings. The van der Waals surface area contributed by atoms with Crippen molar-refractivity contribution in [1.29, 1.82) is 0 Å². The molecule has 1 fully saturated rings. The molecule has 0 unspecified atom stereocenters. The van der Waals surface area contributed by atoms with E-state index in [1.54, 1.807) is 53.6 Å². The summed E-state index contributed by atoms with van der Waals surface area (Å²) in [6.45, 7) is 0. The third kappa shape index (κ3) is 3.43. The van der Waals surface area contributed by atoms with Gasteiger partial charge in [0.25, 0.3) is 5.91 Å². The van der Waals surface area contributed by atoms with Gasteiger partial charge in [-0.2, -0.15) is 5.10 Å². The maximum absolute atomic E-state index is 12.5. The fourth-order valence-electron chi connectivity index (χ4n) is 2.35. The van der Waals surface area contributed by atoms with Crippen LogP contribution in [0.25, 0.3) is 5.82 Å². The van der Waals surface area contributed by atoms with Gasteiger partial charge in [-0.15, -0.1) is 11.3 Å². The Morgan fingerprint density at radius 3 is 2.76 bits per heavy atom. The number of amides is 2. The molecule has 0 saturated heterocycles. The van der Waals surface area contributed by atoms with E-state index in [9.17, 15) is 9.59 Å². The van der Waals surface area contributed by atoms with Crippen molar-refractivity contribution in [1.82, 2.24) is 14.8 Å². The summed E-state index contributed by atoms with van der Waals surface area (Å²) in [4.78, 5) is 29.1. The van der Waals surface area contributed by atoms with Crippen molar-refractivity contribution in [2.75, 3.05) is 10.6 Å². The highest BCUT2D eigenvalue weighted by atomic mass is 32.1. The minimum absolute atomic E-state index is 0.0297. The highest BCUT2D eigenvalue weighted by Crippen LogP contribution is 2.31. The van der Waals surface area contributed by atoms with Gasteiger partial charge in [-0.25, -0.2) is 9.67 Å². The third-order valence-electron chi connectivity index (χ3n) is 3.78. The van der Waals surface area contributed by atoms with Crippen LogP contribution in [0.4, 0.5) is 10.7 Å². The number of pyridine rings is 1. The number of rotatable bonds is 5. The van der Waals surface area contributed by atoms with Crippen molar-refractivity contribution >= 4 is 33.8 Å².